The van der Waals surface area contributed by atoms with E-state index < -0.39 is 17.6 Å². The third kappa shape index (κ3) is 1.39. The SMILES string of the molecule is [O]C(=O)c1ncccc1C(=O)O. The number of carboxylic acid groups (broad SMARTS) is 1. The molecule has 0 atom stereocenters. The molecule has 0 aliphatic heterocycles. The molecule has 0 aliphatic rings. The van der Waals surface area contributed by atoms with Gasteiger partial charge in [0.05, 0.1) is 5.56 Å². The van der Waals surface area contributed by atoms with Gasteiger partial charge in [-0.2, -0.15) is 0 Å². The number of pyridine rings is 1. The minimum Gasteiger partial charge on any atom is -0.478 e. The highest BCUT2D eigenvalue weighted by atomic mass is 16.4. The Kier molecular flexibility index (Phi) is 2.05. The minimum atomic E-state index is -1.59. The van der Waals surface area contributed by atoms with Gasteiger partial charge >= 0.3 is 11.9 Å². The molecular weight excluding hydrogens is 162 g/mol. The first kappa shape index (κ1) is 8.19. The van der Waals surface area contributed by atoms with Crippen LogP contribution >= 0.6 is 0 Å². The number of aromatic nitrogens is 1. The fraction of sp³-hybridized carbons (Fsp3) is 0. The monoisotopic (exact) mass is 166 g/mol. The first-order valence-electron chi connectivity index (χ1n) is 3.02. The molecule has 0 fully saturated rings. The summed E-state index contributed by atoms with van der Waals surface area (Å²) < 4.78 is 0. The lowest BCUT2D eigenvalue weighted by Gasteiger charge is -1.95. The van der Waals surface area contributed by atoms with Crippen molar-refractivity contribution in [2.24, 2.45) is 0 Å². The van der Waals surface area contributed by atoms with Crippen molar-refractivity contribution in [1.29, 1.82) is 0 Å². The van der Waals surface area contributed by atoms with E-state index in [0.717, 1.165) is 6.07 Å². The summed E-state index contributed by atoms with van der Waals surface area (Å²) in [7, 11) is 0. The van der Waals surface area contributed by atoms with Gasteiger partial charge in [0.25, 0.3) is 0 Å². The molecule has 1 rings (SSSR count). The lowest BCUT2D eigenvalue weighted by molar-refractivity contribution is 0.0550. The summed E-state index contributed by atoms with van der Waals surface area (Å²) in [6, 6.07) is 2.50. The van der Waals surface area contributed by atoms with E-state index in [1.54, 1.807) is 0 Å². The van der Waals surface area contributed by atoms with Crippen molar-refractivity contribution in [3.8, 4) is 0 Å². The number of aromatic carboxylic acids is 1. The summed E-state index contributed by atoms with van der Waals surface area (Å²) in [6.07, 6.45) is 1.19. The van der Waals surface area contributed by atoms with E-state index in [1.165, 1.54) is 12.3 Å². The zero-order valence-electron chi connectivity index (χ0n) is 5.85. The van der Waals surface area contributed by atoms with Gasteiger partial charge in [0, 0.05) is 6.20 Å². The zero-order valence-corrected chi connectivity index (χ0v) is 5.85. The Labute approximate surface area is 67.3 Å². The maximum atomic E-state index is 10.4. The lowest BCUT2D eigenvalue weighted by atomic mass is 10.2. The summed E-state index contributed by atoms with van der Waals surface area (Å²) in [5.41, 5.74) is -0.914. The van der Waals surface area contributed by atoms with Crippen LogP contribution in [0.3, 0.4) is 0 Å². The molecule has 0 amide bonds. The number of carboxylic acids is 1. The molecule has 12 heavy (non-hydrogen) atoms. The maximum absolute atomic E-state index is 10.4. The van der Waals surface area contributed by atoms with Crippen molar-refractivity contribution >= 4 is 11.9 Å². The molecular formula is C7H4NO4. The molecule has 1 heterocycles. The van der Waals surface area contributed by atoms with Gasteiger partial charge < -0.3 is 5.11 Å². The van der Waals surface area contributed by atoms with Gasteiger partial charge in [-0.25, -0.2) is 19.7 Å². The second kappa shape index (κ2) is 3.00. The number of rotatable bonds is 2. The van der Waals surface area contributed by atoms with Crippen LogP contribution < -0.4 is 0 Å². The molecule has 0 bridgehead atoms. The summed E-state index contributed by atoms with van der Waals surface area (Å²) in [4.78, 5) is 24.0. The van der Waals surface area contributed by atoms with E-state index in [9.17, 15) is 14.7 Å². The van der Waals surface area contributed by atoms with Crippen LogP contribution in [0.15, 0.2) is 18.3 Å². The molecule has 1 aromatic rings. The third-order valence-electron chi connectivity index (χ3n) is 1.23. The van der Waals surface area contributed by atoms with Crippen LogP contribution in [-0.2, 0) is 5.11 Å². The molecule has 1 radical (unpaired) electrons. The number of carbonyl (C=O) groups is 2. The second-order valence-corrected chi connectivity index (χ2v) is 1.99. The summed E-state index contributed by atoms with van der Waals surface area (Å²) in [5.74, 6) is -2.92. The summed E-state index contributed by atoms with van der Waals surface area (Å²) in [5, 5.41) is 18.8. The fourth-order valence-corrected chi connectivity index (χ4v) is 0.741. The molecule has 1 aromatic heterocycles. The van der Waals surface area contributed by atoms with Crippen LogP contribution in [-0.4, -0.2) is 22.0 Å². The van der Waals surface area contributed by atoms with Gasteiger partial charge in [0.1, 0.15) is 0 Å². The van der Waals surface area contributed by atoms with E-state index in [0.29, 0.717) is 0 Å². The Hall–Kier alpha value is -1.91. The largest absolute Gasteiger partial charge is 0.478 e. The lowest BCUT2D eigenvalue weighted by Crippen LogP contribution is -2.08. The number of nitrogens with zero attached hydrogens (tertiary/aromatic N) is 1. The standard InChI is InChI=1S/C7H4NO4/c9-6(10)4-2-1-3-8-5(4)7(11)12/h1-3H,(H,9,10). The predicted molar refractivity (Wildman–Crippen MR) is 36.2 cm³/mol. The first-order chi connectivity index (χ1) is 5.63. The van der Waals surface area contributed by atoms with Gasteiger partial charge in [-0.3, -0.25) is 0 Å². The van der Waals surface area contributed by atoms with E-state index in [-0.39, 0.29) is 5.56 Å². The van der Waals surface area contributed by atoms with Crippen molar-refractivity contribution in [2.75, 3.05) is 0 Å². The van der Waals surface area contributed by atoms with Crippen LogP contribution in [0.5, 0.6) is 0 Å². The first-order valence-corrected chi connectivity index (χ1v) is 3.02. The van der Waals surface area contributed by atoms with Gasteiger partial charge in [-0.1, -0.05) is 0 Å². The zero-order chi connectivity index (χ0) is 9.14. The van der Waals surface area contributed by atoms with E-state index in [2.05, 4.69) is 4.98 Å². The summed E-state index contributed by atoms with van der Waals surface area (Å²) in [6.45, 7) is 0. The molecule has 0 aromatic carbocycles. The Bertz CT molecular complexity index is 301. The molecule has 0 saturated heterocycles. The normalized spacial score (nSPS) is 9.33. The van der Waals surface area contributed by atoms with Crippen molar-refractivity contribution in [3.63, 3.8) is 0 Å². The highest BCUT2D eigenvalue weighted by Gasteiger charge is 2.17. The van der Waals surface area contributed by atoms with Crippen LogP contribution in [0.25, 0.3) is 0 Å². The van der Waals surface area contributed by atoms with E-state index >= 15 is 0 Å². The van der Waals surface area contributed by atoms with Crippen LogP contribution in [0.1, 0.15) is 20.8 Å². The Balaban J connectivity index is 3.27. The van der Waals surface area contributed by atoms with E-state index in [4.69, 9.17) is 5.11 Å². The Morgan fingerprint density at radius 2 is 2.08 bits per heavy atom. The molecule has 0 aliphatic carbocycles. The quantitative estimate of drug-likeness (QED) is 0.686. The highest BCUT2D eigenvalue weighted by molar-refractivity contribution is 5.99. The molecule has 0 saturated carbocycles. The van der Waals surface area contributed by atoms with Gasteiger partial charge in [-0.05, 0) is 12.1 Å². The molecule has 1 N–H and O–H groups in total. The average Bonchev–Trinajstić information content (AvgIpc) is 2.04. The van der Waals surface area contributed by atoms with Crippen molar-refractivity contribution < 1.29 is 19.8 Å². The van der Waals surface area contributed by atoms with Crippen LogP contribution in [0.2, 0.25) is 0 Å². The average molecular weight is 166 g/mol. The Morgan fingerprint density at radius 1 is 1.42 bits per heavy atom. The molecule has 61 valence electrons. The fourth-order valence-electron chi connectivity index (χ4n) is 0.741. The number of hydrogen-bond donors (Lipinski definition) is 1. The second-order valence-electron chi connectivity index (χ2n) is 1.99. The van der Waals surface area contributed by atoms with Gasteiger partial charge in [-0.15, -0.1) is 0 Å². The number of hydrogen-bond acceptors (Lipinski definition) is 3. The van der Waals surface area contributed by atoms with Gasteiger partial charge in [0.15, 0.2) is 5.69 Å². The summed E-state index contributed by atoms with van der Waals surface area (Å²) >= 11 is 0. The van der Waals surface area contributed by atoms with E-state index in [1.807, 2.05) is 0 Å². The predicted octanol–water partition coefficient (Wildman–Crippen LogP) is 0.350. The molecule has 0 spiro atoms. The highest BCUT2D eigenvalue weighted by Crippen LogP contribution is 2.04. The van der Waals surface area contributed by atoms with Crippen molar-refractivity contribution in [2.45, 2.75) is 0 Å². The Morgan fingerprint density at radius 3 is 2.50 bits per heavy atom. The van der Waals surface area contributed by atoms with Crippen molar-refractivity contribution in [1.82, 2.24) is 4.98 Å². The van der Waals surface area contributed by atoms with Gasteiger partial charge in [0.2, 0.25) is 0 Å². The topological polar surface area (TPSA) is 87.2 Å². The maximum Gasteiger partial charge on any atom is 0.405 e. The molecule has 5 heteroatoms. The smallest absolute Gasteiger partial charge is 0.405 e. The van der Waals surface area contributed by atoms with Crippen LogP contribution in [0.4, 0.5) is 0 Å². The third-order valence-corrected chi connectivity index (χ3v) is 1.23. The molecule has 5 nitrogen and oxygen atoms in total. The van der Waals surface area contributed by atoms with Crippen LogP contribution in [0, 0.1) is 0 Å². The minimum absolute atomic E-state index is 0.363. The molecule has 0 unspecified atom stereocenters. The number of carbonyl (C=O) groups excluding carboxylic acids is 1. The van der Waals surface area contributed by atoms with Crippen molar-refractivity contribution in [3.05, 3.63) is 29.6 Å².